The van der Waals surface area contributed by atoms with E-state index in [0.29, 0.717) is 11.1 Å². The first-order valence-electron chi connectivity index (χ1n) is 16.5. The van der Waals surface area contributed by atoms with E-state index in [9.17, 15) is 55.5 Å². The van der Waals surface area contributed by atoms with Crippen molar-refractivity contribution in [1.29, 1.82) is 0 Å². The first kappa shape index (κ1) is 38.6. The van der Waals surface area contributed by atoms with Gasteiger partial charge in [-0.1, -0.05) is 6.07 Å². The van der Waals surface area contributed by atoms with Gasteiger partial charge in [0.1, 0.15) is 77.1 Å². The van der Waals surface area contributed by atoms with Gasteiger partial charge >= 0.3 is 5.97 Å². The molecule has 0 aliphatic carbocycles. The van der Waals surface area contributed by atoms with E-state index in [1.54, 1.807) is 0 Å². The number of rotatable bonds is 9. The normalized spacial score (nSPS) is 28.7. The third-order valence-electron chi connectivity index (χ3n) is 9.21. The molecule has 4 aromatic rings. The zero-order chi connectivity index (χ0) is 39.0. The fraction of sp³-hybridized carbons (Fsp3) is 0.351. The van der Waals surface area contributed by atoms with Gasteiger partial charge in [0.15, 0.2) is 23.2 Å². The highest BCUT2D eigenvalue weighted by molar-refractivity contribution is 5.88. The van der Waals surface area contributed by atoms with Gasteiger partial charge in [0.2, 0.25) is 6.29 Å². The Kier molecular flexibility index (Phi) is 11.2. The lowest BCUT2D eigenvalue weighted by atomic mass is 9.87. The molecule has 2 fully saturated rings. The molecule has 0 saturated carbocycles. The maximum atomic E-state index is 13.4. The highest BCUT2D eigenvalue weighted by atomic mass is 16.8. The van der Waals surface area contributed by atoms with Crippen LogP contribution in [0.25, 0.3) is 28.4 Å². The number of phenols is 3. The zero-order valence-corrected chi connectivity index (χ0v) is 28.6. The Labute approximate surface area is 305 Å². The van der Waals surface area contributed by atoms with Crippen molar-refractivity contribution in [2.75, 3.05) is 13.7 Å². The van der Waals surface area contributed by atoms with Gasteiger partial charge in [-0.3, -0.25) is 4.79 Å². The summed E-state index contributed by atoms with van der Waals surface area (Å²) in [5.74, 6) is -1.61. The summed E-state index contributed by atoms with van der Waals surface area (Å²) in [7, 11) is 1.34. The van der Waals surface area contributed by atoms with Crippen molar-refractivity contribution in [3.63, 3.8) is 0 Å². The summed E-state index contributed by atoms with van der Waals surface area (Å²) in [5, 5.41) is 94.9. The van der Waals surface area contributed by atoms with Crippen molar-refractivity contribution < 1.29 is 78.9 Å². The molecule has 17 nitrogen and oxygen atoms in total. The Hall–Kier alpha value is -5.08. The van der Waals surface area contributed by atoms with Gasteiger partial charge in [-0.25, -0.2) is 4.79 Å². The van der Waals surface area contributed by atoms with Crippen molar-refractivity contribution in [3.05, 3.63) is 87.6 Å². The molecule has 9 N–H and O–H groups in total. The summed E-state index contributed by atoms with van der Waals surface area (Å²) in [6.07, 6.45) is -16.3. The molecule has 2 saturated heterocycles. The summed E-state index contributed by atoms with van der Waals surface area (Å²) >= 11 is 0. The van der Waals surface area contributed by atoms with Crippen LogP contribution in [0.15, 0.2) is 69.9 Å². The van der Waals surface area contributed by atoms with Crippen molar-refractivity contribution in [3.8, 4) is 34.3 Å². The van der Waals surface area contributed by atoms with Crippen molar-refractivity contribution in [1.82, 2.24) is 0 Å². The number of methoxy groups -OCH3 is 1. The van der Waals surface area contributed by atoms with Crippen LogP contribution in [0.2, 0.25) is 0 Å². The number of benzene rings is 3. The number of hydrogen-bond acceptors (Lipinski definition) is 17. The maximum Gasteiger partial charge on any atom is 0.333 e. The summed E-state index contributed by atoms with van der Waals surface area (Å²) < 4.78 is 33.5. The molecule has 2 aliphatic rings. The van der Waals surface area contributed by atoms with E-state index in [2.05, 4.69) is 0 Å². The second-order valence-corrected chi connectivity index (χ2v) is 12.8. The van der Waals surface area contributed by atoms with Crippen LogP contribution in [0.3, 0.4) is 0 Å². The van der Waals surface area contributed by atoms with Crippen LogP contribution in [-0.2, 0) is 23.7 Å². The van der Waals surface area contributed by atoms with Crippen LogP contribution >= 0.6 is 0 Å². The van der Waals surface area contributed by atoms with Crippen LogP contribution in [0, 0.1) is 6.92 Å². The Balaban J connectivity index is 1.30. The van der Waals surface area contributed by atoms with Gasteiger partial charge in [-0.05, 0) is 66.6 Å². The Bertz CT molecular complexity index is 2080. The smallest absolute Gasteiger partial charge is 0.333 e. The molecule has 54 heavy (non-hydrogen) atoms. The Morgan fingerprint density at radius 1 is 0.852 bits per heavy atom. The molecule has 3 heterocycles. The number of esters is 1. The predicted molar refractivity (Wildman–Crippen MR) is 184 cm³/mol. The fourth-order valence-corrected chi connectivity index (χ4v) is 6.34. The van der Waals surface area contributed by atoms with E-state index in [-0.39, 0.29) is 45.1 Å². The molecular weight excluding hydrogens is 716 g/mol. The first-order valence-corrected chi connectivity index (χ1v) is 16.5. The van der Waals surface area contributed by atoms with E-state index < -0.39 is 85.2 Å². The van der Waals surface area contributed by atoms with E-state index in [4.69, 9.17) is 28.1 Å². The lowest BCUT2D eigenvalue weighted by Gasteiger charge is -2.46. The molecule has 0 amide bonds. The highest BCUT2D eigenvalue weighted by Crippen LogP contribution is 2.44. The molecule has 10 atom stereocenters. The van der Waals surface area contributed by atoms with Gasteiger partial charge in [-0.15, -0.1) is 0 Å². The SMILES string of the molecule is COc1cc(C=CC(=O)OC2OC(OC3C(c4c(C)cc5oc(-c6ccc(O)cc6)cc(=O)c5c4O)OC(CO)C(O)C3O)C(O)C(O)C2O)ccc1O. The average Bonchev–Trinajstić information content (AvgIpc) is 3.14. The summed E-state index contributed by atoms with van der Waals surface area (Å²) in [4.78, 5) is 26.1. The minimum Gasteiger partial charge on any atom is -0.508 e. The molecule has 1 aromatic heterocycles. The number of carbonyl (C=O) groups is 1. The van der Waals surface area contributed by atoms with Crippen LogP contribution < -0.4 is 10.2 Å². The number of hydrogen-bond donors (Lipinski definition) is 9. The largest absolute Gasteiger partial charge is 0.508 e. The second-order valence-electron chi connectivity index (χ2n) is 12.8. The third-order valence-corrected chi connectivity index (χ3v) is 9.21. The minimum atomic E-state index is -2.04. The van der Waals surface area contributed by atoms with Crippen LogP contribution in [-0.4, -0.2) is 121 Å². The number of fused-ring (bicyclic) bond motifs is 1. The lowest BCUT2D eigenvalue weighted by Crippen LogP contribution is -2.62. The predicted octanol–water partition coefficient (Wildman–Crippen LogP) is 0.455. The number of aryl methyl sites for hydroxylation is 1. The maximum absolute atomic E-state index is 13.4. The molecule has 17 heteroatoms. The lowest BCUT2D eigenvalue weighted by molar-refractivity contribution is -0.368. The van der Waals surface area contributed by atoms with E-state index in [0.717, 1.165) is 12.1 Å². The summed E-state index contributed by atoms with van der Waals surface area (Å²) in [5.41, 5.74) is 0.252. The quantitative estimate of drug-likeness (QED) is 0.0829. The average molecular weight is 755 g/mol. The van der Waals surface area contributed by atoms with Crippen molar-refractivity contribution in [2.24, 2.45) is 0 Å². The molecule has 6 rings (SSSR count). The minimum absolute atomic E-state index is 0.00748. The van der Waals surface area contributed by atoms with Crippen LogP contribution in [0.4, 0.5) is 0 Å². The van der Waals surface area contributed by atoms with Crippen molar-refractivity contribution >= 4 is 23.0 Å². The monoisotopic (exact) mass is 754 g/mol. The second kappa shape index (κ2) is 15.7. The van der Waals surface area contributed by atoms with E-state index >= 15 is 0 Å². The van der Waals surface area contributed by atoms with Gasteiger partial charge in [-0.2, -0.15) is 0 Å². The topological polar surface area (TPSA) is 275 Å². The Morgan fingerprint density at radius 3 is 2.24 bits per heavy atom. The number of aromatic hydroxyl groups is 3. The van der Waals surface area contributed by atoms with Gasteiger partial charge in [0, 0.05) is 23.3 Å². The molecule has 10 unspecified atom stereocenters. The number of ether oxygens (including phenoxy) is 5. The molecule has 288 valence electrons. The number of phenolic OH excluding ortho intramolecular Hbond substituents is 3. The standard InChI is InChI=1S/C37H38O17/c1-15-11-23-27(20(41)13-21(50-23)17-5-7-18(39)8-6-17)29(44)26(15)34-35(31(46)28(43)24(14-38)51-34)53-37-33(48)30(45)32(47)36(54-37)52-25(42)10-4-16-3-9-19(40)22(12-16)49-2/h3-13,24,28,30-40,43-48H,14H2,1-2H3. The summed E-state index contributed by atoms with van der Waals surface area (Å²) in [6, 6.07) is 12.6. The fourth-order valence-electron chi connectivity index (χ4n) is 6.34. The van der Waals surface area contributed by atoms with Crippen LogP contribution in [0.1, 0.15) is 22.8 Å². The third kappa shape index (κ3) is 7.49. The van der Waals surface area contributed by atoms with E-state index in [1.165, 1.54) is 68.6 Å². The van der Waals surface area contributed by atoms with Crippen LogP contribution in [0.5, 0.6) is 23.0 Å². The summed E-state index contributed by atoms with van der Waals surface area (Å²) in [6.45, 7) is 0.708. The van der Waals surface area contributed by atoms with Gasteiger partial charge in [0.05, 0.1) is 13.7 Å². The molecule has 3 aromatic carbocycles. The van der Waals surface area contributed by atoms with Crippen molar-refractivity contribution in [2.45, 2.75) is 68.3 Å². The first-order chi connectivity index (χ1) is 25.7. The Morgan fingerprint density at radius 2 is 1.56 bits per heavy atom. The molecule has 0 bridgehead atoms. The molecule has 0 spiro atoms. The molecule has 0 radical (unpaired) electrons. The zero-order valence-electron chi connectivity index (χ0n) is 28.6. The molecule has 2 aliphatic heterocycles. The van der Waals surface area contributed by atoms with Gasteiger partial charge < -0.3 is 74.1 Å². The van der Waals surface area contributed by atoms with E-state index in [1.807, 2.05) is 0 Å². The van der Waals surface area contributed by atoms with Gasteiger partial charge in [0.25, 0.3) is 0 Å². The number of aliphatic hydroxyl groups excluding tert-OH is 6. The molecular formula is C37H38O17. The highest BCUT2D eigenvalue weighted by Gasteiger charge is 2.52. The number of carbonyl (C=O) groups excluding carboxylic acids is 1. The number of aliphatic hydroxyl groups is 6.